The average molecular weight is 343 g/mol. The van der Waals surface area contributed by atoms with Gasteiger partial charge in [0.05, 0.1) is 13.7 Å². The summed E-state index contributed by atoms with van der Waals surface area (Å²) in [4.78, 5) is 16.4. The lowest BCUT2D eigenvalue weighted by molar-refractivity contribution is 0.0939. The van der Waals surface area contributed by atoms with Crippen LogP contribution < -0.4 is 20.1 Å². The molecule has 2 N–H and O–H groups in total. The minimum absolute atomic E-state index is 0.0886. The van der Waals surface area contributed by atoms with Crippen LogP contribution in [0.4, 0.5) is 5.82 Å². The molecule has 6 heteroatoms. The number of benzene rings is 1. The summed E-state index contributed by atoms with van der Waals surface area (Å²) in [5.41, 5.74) is 0.592. The summed E-state index contributed by atoms with van der Waals surface area (Å²) in [6, 6.07) is 11.0. The SMILES string of the molecule is CCC(C)NC(=O)c1ccnc(NCCOc2ccc(OC)cc2)c1. The Kier molecular flexibility index (Phi) is 7.07. The van der Waals surface area contributed by atoms with Gasteiger partial charge in [-0.3, -0.25) is 4.79 Å². The Morgan fingerprint density at radius 2 is 1.92 bits per heavy atom. The van der Waals surface area contributed by atoms with E-state index in [2.05, 4.69) is 15.6 Å². The normalized spacial score (nSPS) is 11.5. The van der Waals surface area contributed by atoms with E-state index < -0.39 is 0 Å². The first-order valence-corrected chi connectivity index (χ1v) is 8.40. The van der Waals surface area contributed by atoms with E-state index in [-0.39, 0.29) is 11.9 Å². The van der Waals surface area contributed by atoms with Gasteiger partial charge in [-0.25, -0.2) is 4.98 Å². The van der Waals surface area contributed by atoms with Crippen LogP contribution in [0.5, 0.6) is 11.5 Å². The molecule has 0 aliphatic heterocycles. The predicted molar refractivity (Wildman–Crippen MR) is 98.4 cm³/mol. The fourth-order valence-electron chi connectivity index (χ4n) is 2.10. The molecule has 134 valence electrons. The molecule has 1 amide bonds. The van der Waals surface area contributed by atoms with Crippen LogP contribution in [0.25, 0.3) is 0 Å². The minimum Gasteiger partial charge on any atom is -0.497 e. The quantitative estimate of drug-likeness (QED) is 0.685. The van der Waals surface area contributed by atoms with Gasteiger partial charge in [-0.05, 0) is 49.7 Å². The highest BCUT2D eigenvalue weighted by atomic mass is 16.5. The van der Waals surface area contributed by atoms with Gasteiger partial charge in [0, 0.05) is 17.8 Å². The van der Waals surface area contributed by atoms with Crippen molar-refractivity contribution in [3.63, 3.8) is 0 Å². The number of aromatic nitrogens is 1. The van der Waals surface area contributed by atoms with Crippen molar-refractivity contribution < 1.29 is 14.3 Å². The van der Waals surface area contributed by atoms with E-state index in [1.54, 1.807) is 25.4 Å². The fraction of sp³-hybridized carbons (Fsp3) is 0.368. The second kappa shape index (κ2) is 9.52. The van der Waals surface area contributed by atoms with Gasteiger partial charge in [0.25, 0.3) is 5.91 Å². The summed E-state index contributed by atoms with van der Waals surface area (Å²) >= 11 is 0. The highest BCUT2D eigenvalue weighted by Gasteiger charge is 2.09. The number of carbonyl (C=O) groups excluding carboxylic acids is 1. The monoisotopic (exact) mass is 343 g/mol. The molecule has 1 unspecified atom stereocenters. The Morgan fingerprint density at radius 3 is 2.60 bits per heavy atom. The van der Waals surface area contributed by atoms with Gasteiger partial charge in [0.1, 0.15) is 23.9 Å². The molecule has 0 spiro atoms. The van der Waals surface area contributed by atoms with Crippen molar-refractivity contribution in [2.45, 2.75) is 26.3 Å². The molecule has 0 saturated heterocycles. The summed E-state index contributed by atoms with van der Waals surface area (Å²) in [6.07, 6.45) is 2.52. The zero-order valence-corrected chi connectivity index (χ0v) is 14.9. The Labute approximate surface area is 148 Å². The molecule has 25 heavy (non-hydrogen) atoms. The lowest BCUT2D eigenvalue weighted by Gasteiger charge is -2.12. The van der Waals surface area contributed by atoms with E-state index in [9.17, 15) is 4.79 Å². The molecule has 0 fully saturated rings. The van der Waals surface area contributed by atoms with E-state index in [4.69, 9.17) is 9.47 Å². The number of anilines is 1. The minimum atomic E-state index is -0.0886. The lowest BCUT2D eigenvalue weighted by Crippen LogP contribution is -2.32. The van der Waals surface area contributed by atoms with Crippen LogP contribution in [0.1, 0.15) is 30.6 Å². The highest BCUT2D eigenvalue weighted by Crippen LogP contribution is 2.16. The van der Waals surface area contributed by atoms with Gasteiger partial charge >= 0.3 is 0 Å². The van der Waals surface area contributed by atoms with Crippen molar-refractivity contribution in [2.24, 2.45) is 0 Å². The molecule has 0 saturated carbocycles. The third kappa shape index (κ3) is 5.99. The number of nitrogens with one attached hydrogen (secondary N) is 2. The van der Waals surface area contributed by atoms with Gasteiger partial charge in [0.15, 0.2) is 0 Å². The van der Waals surface area contributed by atoms with Crippen molar-refractivity contribution in [1.82, 2.24) is 10.3 Å². The molecule has 0 aliphatic rings. The number of hydrogen-bond acceptors (Lipinski definition) is 5. The van der Waals surface area contributed by atoms with Crippen LogP contribution in [0.3, 0.4) is 0 Å². The van der Waals surface area contributed by atoms with Gasteiger partial charge < -0.3 is 20.1 Å². The van der Waals surface area contributed by atoms with Gasteiger partial charge in [0.2, 0.25) is 0 Å². The molecular weight excluding hydrogens is 318 g/mol. The van der Waals surface area contributed by atoms with Crippen molar-refractivity contribution in [3.05, 3.63) is 48.2 Å². The average Bonchev–Trinajstić information content (AvgIpc) is 2.65. The molecular formula is C19H25N3O3. The van der Waals surface area contributed by atoms with E-state index >= 15 is 0 Å². The first kappa shape index (κ1) is 18.6. The summed E-state index contributed by atoms with van der Waals surface area (Å²) in [5, 5.41) is 6.10. The van der Waals surface area contributed by atoms with Crippen molar-refractivity contribution >= 4 is 11.7 Å². The fourth-order valence-corrected chi connectivity index (χ4v) is 2.10. The molecule has 6 nitrogen and oxygen atoms in total. The number of pyridine rings is 1. The molecule has 2 aromatic rings. The van der Waals surface area contributed by atoms with Crippen molar-refractivity contribution in [3.8, 4) is 11.5 Å². The summed E-state index contributed by atoms with van der Waals surface area (Å²) in [5.74, 6) is 2.13. The molecule has 1 heterocycles. The van der Waals surface area contributed by atoms with Crippen LogP contribution in [0.15, 0.2) is 42.6 Å². The van der Waals surface area contributed by atoms with E-state index in [0.717, 1.165) is 17.9 Å². The molecule has 0 bridgehead atoms. The van der Waals surface area contributed by atoms with Gasteiger partial charge in [-0.1, -0.05) is 6.92 Å². The maximum Gasteiger partial charge on any atom is 0.251 e. The molecule has 1 aromatic carbocycles. The maximum absolute atomic E-state index is 12.1. The number of rotatable bonds is 9. The lowest BCUT2D eigenvalue weighted by atomic mass is 10.2. The number of hydrogen-bond donors (Lipinski definition) is 2. The molecule has 2 rings (SSSR count). The Hall–Kier alpha value is -2.76. The highest BCUT2D eigenvalue weighted by molar-refractivity contribution is 5.94. The third-order valence-corrected chi connectivity index (χ3v) is 3.75. The topological polar surface area (TPSA) is 72.5 Å². The standard InChI is InChI=1S/C19H25N3O3/c1-4-14(2)22-19(23)15-9-10-20-18(13-15)21-11-12-25-17-7-5-16(24-3)6-8-17/h5-10,13-14H,4,11-12H2,1-3H3,(H,20,21)(H,22,23). The number of methoxy groups -OCH3 is 1. The van der Waals surface area contributed by atoms with E-state index in [0.29, 0.717) is 24.5 Å². The summed E-state index contributed by atoms with van der Waals surface area (Å²) in [6.45, 7) is 5.08. The van der Waals surface area contributed by atoms with E-state index in [1.807, 2.05) is 38.1 Å². The maximum atomic E-state index is 12.1. The summed E-state index contributed by atoms with van der Waals surface area (Å²) in [7, 11) is 1.63. The smallest absolute Gasteiger partial charge is 0.251 e. The Balaban J connectivity index is 1.80. The predicted octanol–water partition coefficient (Wildman–Crippen LogP) is 3.11. The second-order valence-corrected chi connectivity index (χ2v) is 5.66. The number of carbonyl (C=O) groups is 1. The zero-order chi connectivity index (χ0) is 18.1. The molecule has 1 aromatic heterocycles. The Bertz CT molecular complexity index is 674. The molecule has 1 atom stereocenters. The third-order valence-electron chi connectivity index (χ3n) is 3.75. The number of ether oxygens (including phenoxy) is 2. The first-order valence-electron chi connectivity index (χ1n) is 8.40. The van der Waals surface area contributed by atoms with Crippen molar-refractivity contribution in [2.75, 3.05) is 25.6 Å². The second-order valence-electron chi connectivity index (χ2n) is 5.66. The molecule has 0 aliphatic carbocycles. The largest absolute Gasteiger partial charge is 0.497 e. The van der Waals surface area contributed by atoms with Crippen molar-refractivity contribution in [1.29, 1.82) is 0 Å². The van der Waals surface area contributed by atoms with Crippen LogP contribution in [-0.2, 0) is 0 Å². The van der Waals surface area contributed by atoms with Crippen LogP contribution in [0, 0.1) is 0 Å². The number of nitrogens with zero attached hydrogens (tertiary/aromatic N) is 1. The first-order chi connectivity index (χ1) is 12.1. The zero-order valence-electron chi connectivity index (χ0n) is 14.9. The molecule has 0 radical (unpaired) electrons. The van der Waals surface area contributed by atoms with Crippen LogP contribution >= 0.6 is 0 Å². The Morgan fingerprint density at radius 1 is 1.20 bits per heavy atom. The number of amides is 1. The van der Waals surface area contributed by atoms with Crippen LogP contribution in [-0.4, -0.2) is 37.2 Å². The van der Waals surface area contributed by atoms with Crippen LogP contribution in [0.2, 0.25) is 0 Å². The van der Waals surface area contributed by atoms with Gasteiger partial charge in [-0.15, -0.1) is 0 Å². The van der Waals surface area contributed by atoms with Gasteiger partial charge in [-0.2, -0.15) is 0 Å². The van der Waals surface area contributed by atoms with E-state index in [1.165, 1.54) is 0 Å². The summed E-state index contributed by atoms with van der Waals surface area (Å²) < 4.78 is 10.8.